The van der Waals surface area contributed by atoms with E-state index in [0.29, 0.717) is 23.9 Å². The van der Waals surface area contributed by atoms with Crippen molar-refractivity contribution in [2.45, 2.75) is 39.2 Å². The zero-order valence-corrected chi connectivity index (χ0v) is 12.5. The summed E-state index contributed by atoms with van der Waals surface area (Å²) in [4.78, 5) is 4.14. The standard InChI is InChI=1S/C16H21FN4/c1-11(2)9-18-10-13-5-7-19-16(15(13)17)21-8-6-14(20-21)12-3-4-12/h5-8,11-12,18H,3-4,9-10H2,1-2H3. The number of hydrogen-bond acceptors (Lipinski definition) is 3. The van der Waals surface area contributed by atoms with Crippen LogP contribution in [0.2, 0.25) is 0 Å². The van der Waals surface area contributed by atoms with Crippen LogP contribution in [0.5, 0.6) is 0 Å². The predicted molar refractivity (Wildman–Crippen MR) is 79.8 cm³/mol. The topological polar surface area (TPSA) is 42.7 Å². The van der Waals surface area contributed by atoms with Gasteiger partial charge < -0.3 is 5.32 Å². The molecule has 1 fully saturated rings. The summed E-state index contributed by atoms with van der Waals surface area (Å²) < 4.78 is 16.1. The minimum absolute atomic E-state index is 0.283. The van der Waals surface area contributed by atoms with Crippen LogP contribution in [0.4, 0.5) is 4.39 Å². The van der Waals surface area contributed by atoms with Gasteiger partial charge in [0.25, 0.3) is 0 Å². The molecule has 0 unspecified atom stereocenters. The zero-order valence-electron chi connectivity index (χ0n) is 12.5. The van der Waals surface area contributed by atoms with Gasteiger partial charge in [0.15, 0.2) is 11.6 Å². The van der Waals surface area contributed by atoms with Gasteiger partial charge in [0, 0.05) is 30.4 Å². The van der Waals surface area contributed by atoms with Gasteiger partial charge in [-0.15, -0.1) is 0 Å². The number of aromatic nitrogens is 3. The van der Waals surface area contributed by atoms with E-state index in [4.69, 9.17) is 0 Å². The summed E-state index contributed by atoms with van der Waals surface area (Å²) in [5.74, 6) is 1.09. The summed E-state index contributed by atoms with van der Waals surface area (Å²) in [5, 5.41) is 7.70. The number of pyridine rings is 1. The number of halogens is 1. The van der Waals surface area contributed by atoms with Crippen LogP contribution in [-0.2, 0) is 6.54 Å². The van der Waals surface area contributed by atoms with Crippen molar-refractivity contribution >= 4 is 0 Å². The highest BCUT2D eigenvalue weighted by Gasteiger charge is 2.26. The fourth-order valence-corrected chi connectivity index (χ4v) is 2.32. The van der Waals surface area contributed by atoms with Crippen molar-refractivity contribution in [3.05, 3.63) is 41.6 Å². The molecule has 1 aliphatic rings. The first-order valence-corrected chi connectivity index (χ1v) is 7.55. The van der Waals surface area contributed by atoms with Gasteiger partial charge in [0.05, 0.1) is 5.69 Å². The van der Waals surface area contributed by atoms with Crippen molar-refractivity contribution in [1.29, 1.82) is 0 Å². The molecule has 2 aromatic heterocycles. The van der Waals surface area contributed by atoms with E-state index in [9.17, 15) is 4.39 Å². The number of hydrogen-bond donors (Lipinski definition) is 1. The lowest BCUT2D eigenvalue weighted by molar-refractivity contribution is 0.529. The van der Waals surface area contributed by atoms with E-state index in [0.717, 1.165) is 12.2 Å². The van der Waals surface area contributed by atoms with Crippen LogP contribution in [0.3, 0.4) is 0 Å². The SMILES string of the molecule is CC(C)CNCc1ccnc(-n2ccc(C3CC3)n2)c1F. The van der Waals surface area contributed by atoms with Gasteiger partial charge in [-0.1, -0.05) is 13.8 Å². The van der Waals surface area contributed by atoms with Crippen molar-refractivity contribution in [2.24, 2.45) is 5.92 Å². The third kappa shape index (κ3) is 3.29. The first kappa shape index (κ1) is 14.2. The second-order valence-corrected chi connectivity index (χ2v) is 6.09. The molecule has 0 radical (unpaired) electrons. The zero-order chi connectivity index (χ0) is 14.8. The van der Waals surface area contributed by atoms with E-state index >= 15 is 0 Å². The van der Waals surface area contributed by atoms with E-state index < -0.39 is 0 Å². The normalized spacial score (nSPS) is 14.9. The minimum Gasteiger partial charge on any atom is -0.312 e. The van der Waals surface area contributed by atoms with Crippen molar-refractivity contribution in [3.8, 4) is 5.82 Å². The molecular weight excluding hydrogens is 267 g/mol. The van der Waals surface area contributed by atoms with Crippen LogP contribution in [0, 0.1) is 11.7 Å². The smallest absolute Gasteiger partial charge is 0.190 e. The second kappa shape index (κ2) is 5.93. The maximum absolute atomic E-state index is 14.5. The summed E-state index contributed by atoms with van der Waals surface area (Å²) in [7, 11) is 0. The molecule has 0 saturated heterocycles. The second-order valence-electron chi connectivity index (χ2n) is 6.09. The third-order valence-corrected chi connectivity index (χ3v) is 3.64. The molecule has 112 valence electrons. The predicted octanol–water partition coefficient (Wildman–Crippen LogP) is 3.03. The van der Waals surface area contributed by atoms with E-state index in [1.165, 1.54) is 12.8 Å². The summed E-state index contributed by atoms with van der Waals surface area (Å²) >= 11 is 0. The fourth-order valence-electron chi connectivity index (χ4n) is 2.32. The van der Waals surface area contributed by atoms with Crippen molar-refractivity contribution in [1.82, 2.24) is 20.1 Å². The fraction of sp³-hybridized carbons (Fsp3) is 0.500. The Labute approximate surface area is 124 Å². The van der Waals surface area contributed by atoms with Crippen LogP contribution in [-0.4, -0.2) is 21.3 Å². The summed E-state index contributed by atoms with van der Waals surface area (Å²) in [6.07, 6.45) is 5.81. The lowest BCUT2D eigenvalue weighted by Gasteiger charge is -2.10. The van der Waals surface area contributed by atoms with E-state index in [2.05, 4.69) is 29.2 Å². The highest BCUT2D eigenvalue weighted by atomic mass is 19.1. The molecule has 2 aromatic rings. The monoisotopic (exact) mass is 288 g/mol. The van der Waals surface area contributed by atoms with E-state index in [-0.39, 0.29) is 11.6 Å². The van der Waals surface area contributed by atoms with Gasteiger partial charge >= 0.3 is 0 Å². The molecule has 3 rings (SSSR count). The highest BCUT2D eigenvalue weighted by Crippen LogP contribution is 2.39. The molecule has 1 aliphatic carbocycles. The van der Waals surface area contributed by atoms with Crippen LogP contribution in [0.15, 0.2) is 24.5 Å². The molecule has 0 bridgehead atoms. The molecule has 2 heterocycles. The average molecular weight is 288 g/mol. The van der Waals surface area contributed by atoms with E-state index in [1.54, 1.807) is 23.1 Å². The molecule has 0 aliphatic heterocycles. The van der Waals surface area contributed by atoms with Gasteiger partial charge in [-0.25, -0.2) is 14.1 Å². The Balaban J connectivity index is 1.78. The number of nitrogens with one attached hydrogen (secondary N) is 1. The largest absolute Gasteiger partial charge is 0.312 e. The Morgan fingerprint density at radius 3 is 2.90 bits per heavy atom. The molecule has 1 saturated carbocycles. The number of rotatable bonds is 6. The first-order valence-electron chi connectivity index (χ1n) is 7.55. The lowest BCUT2D eigenvalue weighted by atomic mass is 10.2. The average Bonchev–Trinajstić information content (AvgIpc) is 3.19. The molecule has 21 heavy (non-hydrogen) atoms. The Hall–Kier alpha value is -1.75. The lowest BCUT2D eigenvalue weighted by Crippen LogP contribution is -2.20. The van der Waals surface area contributed by atoms with Crippen molar-refractivity contribution < 1.29 is 4.39 Å². The highest BCUT2D eigenvalue weighted by molar-refractivity contribution is 5.30. The Morgan fingerprint density at radius 2 is 2.19 bits per heavy atom. The van der Waals surface area contributed by atoms with Gasteiger partial charge in [-0.3, -0.25) is 0 Å². The first-order chi connectivity index (χ1) is 10.1. The Morgan fingerprint density at radius 1 is 1.38 bits per heavy atom. The van der Waals surface area contributed by atoms with Crippen molar-refractivity contribution in [2.75, 3.05) is 6.54 Å². The molecular formula is C16H21FN4. The minimum atomic E-state index is -0.292. The molecule has 0 amide bonds. The van der Waals surface area contributed by atoms with Gasteiger partial charge in [-0.2, -0.15) is 5.10 Å². The molecule has 4 nitrogen and oxygen atoms in total. The molecule has 0 atom stereocenters. The van der Waals surface area contributed by atoms with Gasteiger partial charge in [0.1, 0.15) is 0 Å². The number of nitrogens with zero attached hydrogens (tertiary/aromatic N) is 3. The quantitative estimate of drug-likeness (QED) is 0.888. The van der Waals surface area contributed by atoms with Gasteiger partial charge in [0.2, 0.25) is 0 Å². The van der Waals surface area contributed by atoms with E-state index in [1.807, 2.05) is 6.07 Å². The molecule has 0 aromatic carbocycles. The molecule has 5 heteroatoms. The summed E-state index contributed by atoms with van der Waals surface area (Å²) in [6.45, 7) is 5.63. The summed E-state index contributed by atoms with van der Waals surface area (Å²) in [6, 6.07) is 3.68. The Bertz CT molecular complexity index is 616. The molecule has 1 N–H and O–H groups in total. The van der Waals surface area contributed by atoms with Crippen LogP contribution >= 0.6 is 0 Å². The van der Waals surface area contributed by atoms with Crippen LogP contribution in [0.25, 0.3) is 5.82 Å². The maximum atomic E-state index is 14.5. The maximum Gasteiger partial charge on any atom is 0.190 e. The third-order valence-electron chi connectivity index (χ3n) is 3.64. The van der Waals surface area contributed by atoms with Crippen LogP contribution in [0.1, 0.15) is 43.9 Å². The van der Waals surface area contributed by atoms with Crippen molar-refractivity contribution in [3.63, 3.8) is 0 Å². The van der Waals surface area contributed by atoms with Gasteiger partial charge in [-0.05, 0) is 37.4 Å². The summed E-state index contributed by atoms with van der Waals surface area (Å²) in [5.41, 5.74) is 1.67. The Kier molecular flexibility index (Phi) is 4.01. The molecule has 0 spiro atoms. The van der Waals surface area contributed by atoms with Crippen LogP contribution < -0.4 is 5.32 Å².